The summed E-state index contributed by atoms with van der Waals surface area (Å²) >= 11 is 0. The molecule has 0 saturated heterocycles. The lowest BCUT2D eigenvalue weighted by atomic mass is 10.00. The van der Waals surface area contributed by atoms with E-state index in [0.29, 0.717) is 0 Å². The molecule has 1 aromatic heterocycles. The van der Waals surface area contributed by atoms with Gasteiger partial charge in [0.25, 0.3) is 0 Å². The zero-order valence-corrected chi connectivity index (χ0v) is 13.0. The molecule has 0 radical (unpaired) electrons. The van der Waals surface area contributed by atoms with E-state index in [2.05, 4.69) is 34.2 Å². The van der Waals surface area contributed by atoms with Crippen LogP contribution in [0.5, 0.6) is 0 Å². The van der Waals surface area contributed by atoms with Gasteiger partial charge in [-0.25, -0.2) is 14.4 Å². The molecule has 0 amide bonds. The van der Waals surface area contributed by atoms with Crippen LogP contribution in [0.15, 0.2) is 67.0 Å². The average molecular weight is 306 g/mol. The molecule has 0 bridgehead atoms. The third-order valence-electron chi connectivity index (χ3n) is 3.84. The number of hydrogen-bond acceptors (Lipinski definition) is 2. The maximum atomic E-state index is 13.0. The maximum absolute atomic E-state index is 13.0. The molecular formula is C20H19FN2. The summed E-state index contributed by atoms with van der Waals surface area (Å²) in [5, 5.41) is 0. The van der Waals surface area contributed by atoms with Gasteiger partial charge in [0.1, 0.15) is 11.6 Å². The maximum Gasteiger partial charge on any atom is 0.128 e. The van der Waals surface area contributed by atoms with Crippen molar-refractivity contribution in [1.29, 1.82) is 0 Å². The molecule has 3 rings (SSSR count). The van der Waals surface area contributed by atoms with E-state index in [-0.39, 0.29) is 5.82 Å². The number of aryl methyl sites for hydroxylation is 2. The third-order valence-corrected chi connectivity index (χ3v) is 3.84. The Bertz CT molecular complexity index is 739. The van der Waals surface area contributed by atoms with E-state index < -0.39 is 0 Å². The topological polar surface area (TPSA) is 25.8 Å². The fourth-order valence-corrected chi connectivity index (χ4v) is 2.62. The van der Waals surface area contributed by atoms with Crippen LogP contribution in [-0.4, -0.2) is 9.97 Å². The molecule has 1 heterocycles. The van der Waals surface area contributed by atoms with Crippen LogP contribution >= 0.6 is 0 Å². The van der Waals surface area contributed by atoms with Gasteiger partial charge in [0.15, 0.2) is 0 Å². The van der Waals surface area contributed by atoms with Crippen molar-refractivity contribution in [2.75, 3.05) is 0 Å². The molecule has 0 saturated carbocycles. The van der Waals surface area contributed by atoms with Crippen molar-refractivity contribution in [3.05, 3.63) is 84.2 Å². The van der Waals surface area contributed by atoms with Gasteiger partial charge in [0.2, 0.25) is 0 Å². The lowest BCUT2D eigenvalue weighted by Gasteiger charge is -2.06. The second-order valence-electron chi connectivity index (χ2n) is 5.58. The zero-order chi connectivity index (χ0) is 15.9. The van der Waals surface area contributed by atoms with E-state index in [4.69, 9.17) is 0 Å². The predicted molar refractivity (Wildman–Crippen MR) is 90.5 cm³/mol. The summed E-state index contributed by atoms with van der Waals surface area (Å²) in [5.41, 5.74) is 3.49. The Morgan fingerprint density at radius 2 is 1.48 bits per heavy atom. The summed E-state index contributed by atoms with van der Waals surface area (Å²) in [5.74, 6) is 0.709. The van der Waals surface area contributed by atoms with Gasteiger partial charge in [0, 0.05) is 18.8 Å². The average Bonchev–Trinajstić information content (AvgIpc) is 2.61. The van der Waals surface area contributed by atoms with Gasteiger partial charge in [0.05, 0.1) is 0 Å². The lowest BCUT2D eigenvalue weighted by Crippen LogP contribution is -1.94. The Balaban J connectivity index is 1.56. The highest BCUT2D eigenvalue weighted by Gasteiger charge is 2.01. The normalized spacial score (nSPS) is 10.7. The van der Waals surface area contributed by atoms with E-state index in [1.165, 1.54) is 17.7 Å². The molecule has 0 atom stereocenters. The van der Waals surface area contributed by atoms with Crippen molar-refractivity contribution in [2.45, 2.75) is 25.7 Å². The molecule has 0 aliphatic heterocycles. The molecular weight excluding hydrogens is 287 g/mol. The highest BCUT2D eigenvalue weighted by molar-refractivity contribution is 5.64. The number of nitrogens with zero attached hydrogens (tertiary/aromatic N) is 2. The molecule has 0 aliphatic carbocycles. The predicted octanol–water partition coefficient (Wildman–Crippen LogP) is 4.85. The van der Waals surface area contributed by atoms with Crippen molar-refractivity contribution in [3.63, 3.8) is 0 Å². The minimum Gasteiger partial charge on any atom is -0.241 e. The van der Waals surface area contributed by atoms with Crippen LogP contribution in [0.4, 0.5) is 4.39 Å². The molecule has 2 aromatic carbocycles. The number of aromatic nitrogens is 2. The first-order valence-corrected chi connectivity index (χ1v) is 7.92. The Morgan fingerprint density at radius 3 is 2.26 bits per heavy atom. The van der Waals surface area contributed by atoms with Gasteiger partial charge in [-0.05, 0) is 54.2 Å². The van der Waals surface area contributed by atoms with Gasteiger partial charge in [-0.1, -0.05) is 36.4 Å². The number of hydrogen-bond donors (Lipinski definition) is 0. The van der Waals surface area contributed by atoms with Crippen LogP contribution in [0.25, 0.3) is 11.1 Å². The minimum absolute atomic E-state index is 0.201. The van der Waals surface area contributed by atoms with Crippen molar-refractivity contribution < 1.29 is 4.39 Å². The summed E-state index contributed by atoms with van der Waals surface area (Å²) in [7, 11) is 0. The Kier molecular flexibility index (Phi) is 5.09. The Hall–Kier alpha value is -2.55. The summed E-state index contributed by atoms with van der Waals surface area (Å²) < 4.78 is 13.0. The summed E-state index contributed by atoms with van der Waals surface area (Å²) in [6.07, 6.45) is 7.69. The van der Waals surface area contributed by atoms with E-state index in [1.807, 2.05) is 18.2 Å². The standard InChI is InChI=1S/C20H19FN2/c21-19-11-9-17(10-12-19)18-7-3-6-16(15-18)5-1-2-8-20-22-13-4-14-23-20/h3-4,6-7,9-15H,1-2,5,8H2. The van der Waals surface area contributed by atoms with Gasteiger partial charge < -0.3 is 0 Å². The molecule has 0 unspecified atom stereocenters. The molecule has 3 aromatic rings. The van der Waals surface area contributed by atoms with E-state index in [0.717, 1.165) is 42.6 Å². The van der Waals surface area contributed by atoms with Crippen molar-refractivity contribution >= 4 is 0 Å². The molecule has 3 heteroatoms. The van der Waals surface area contributed by atoms with Crippen molar-refractivity contribution in [2.24, 2.45) is 0 Å². The number of halogens is 1. The SMILES string of the molecule is Fc1ccc(-c2cccc(CCCCc3ncccn3)c2)cc1. The van der Waals surface area contributed by atoms with Crippen LogP contribution in [0.2, 0.25) is 0 Å². The van der Waals surface area contributed by atoms with E-state index in [9.17, 15) is 4.39 Å². The van der Waals surface area contributed by atoms with Gasteiger partial charge >= 0.3 is 0 Å². The van der Waals surface area contributed by atoms with Crippen LogP contribution < -0.4 is 0 Å². The van der Waals surface area contributed by atoms with Crippen LogP contribution in [0.1, 0.15) is 24.2 Å². The minimum atomic E-state index is -0.201. The number of rotatable bonds is 6. The van der Waals surface area contributed by atoms with E-state index in [1.54, 1.807) is 12.4 Å². The van der Waals surface area contributed by atoms with Crippen molar-refractivity contribution in [1.82, 2.24) is 9.97 Å². The van der Waals surface area contributed by atoms with Crippen LogP contribution in [-0.2, 0) is 12.8 Å². The van der Waals surface area contributed by atoms with Gasteiger partial charge in [-0.15, -0.1) is 0 Å². The van der Waals surface area contributed by atoms with Gasteiger partial charge in [-0.3, -0.25) is 0 Å². The third kappa shape index (κ3) is 4.46. The molecule has 23 heavy (non-hydrogen) atoms. The Morgan fingerprint density at radius 1 is 0.739 bits per heavy atom. The molecule has 0 N–H and O–H groups in total. The first kappa shape index (κ1) is 15.3. The smallest absolute Gasteiger partial charge is 0.128 e. The quantitative estimate of drug-likeness (QED) is 0.608. The number of benzene rings is 2. The molecule has 2 nitrogen and oxygen atoms in total. The van der Waals surface area contributed by atoms with Crippen LogP contribution in [0.3, 0.4) is 0 Å². The monoisotopic (exact) mass is 306 g/mol. The number of unbranched alkanes of at least 4 members (excludes halogenated alkanes) is 1. The van der Waals surface area contributed by atoms with E-state index >= 15 is 0 Å². The summed E-state index contributed by atoms with van der Waals surface area (Å²) in [6.45, 7) is 0. The van der Waals surface area contributed by atoms with Crippen LogP contribution in [0, 0.1) is 5.82 Å². The second kappa shape index (κ2) is 7.63. The molecule has 0 spiro atoms. The van der Waals surface area contributed by atoms with Gasteiger partial charge in [-0.2, -0.15) is 0 Å². The highest BCUT2D eigenvalue weighted by atomic mass is 19.1. The largest absolute Gasteiger partial charge is 0.241 e. The molecule has 0 aliphatic rings. The fourth-order valence-electron chi connectivity index (χ4n) is 2.62. The summed E-state index contributed by atoms with van der Waals surface area (Å²) in [6, 6.07) is 16.9. The lowest BCUT2D eigenvalue weighted by molar-refractivity contribution is 0.628. The second-order valence-corrected chi connectivity index (χ2v) is 5.58. The fraction of sp³-hybridized carbons (Fsp3) is 0.200. The van der Waals surface area contributed by atoms with Crippen molar-refractivity contribution in [3.8, 4) is 11.1 Å². The zero-order valence-electron chi connectivity index (χ0n) is 13.0. The molecule has 0 fully saturated rings. The first-order chi connectivity index (χ1) is 11.3. The first-order valence-electron chi connectivity index (χ1n) is 7.92. The summed E-state index contributed by atoms with van der Waals surface area (Å²) in [4.78, 5) is 8.48. The molecule has 116 valence electrons. The highest BCUT2D eigenvalue weighted by Crippen LogP contribution is 2.21. The Labute approximate surface area is 136 Å².